The van der Waals surface area contributed by atoms with Gasteiger partial charge in [0.05, 0.1) is 17.8 Å². The van der Waals surface area contributed by atoms with Crippen LogP contribution in [0.2, 0.25) is 0 Å². The minimum atomic E-state index is 0. The number of halogens is 2. The van der Waals surface area contributed by atoms with E-state index in [2.05, 4.69) is 26.1 Å². The Hall–Kier alpha value is -0.480. The molecule has 0 atom stereocenters. The van der Waals surface area contributed by atoms with Gasteiger partial charge in [0.15, 0.2) is 16.7 Å². The van der Waals surface area contributed by atoms with Crippen molar-refractivity contribution in [3.8, 4) is 11.5 Å². The molecule has 8 heteroatoms. The van der Waals surface area contributed by atoms with Crippen LogP contribution in [0.15, 0.2) is 26.8 Å². The van der Waals surface area contributed by atoms with E-state index in [1.54, 1.807) is 12.1 Å². The monoisotopic (exact) mass is 445 g/mol. The molecule has 0 heterocycles. The highest BCUT2D eigenvalue weighted by molar-refractivity contribution is 14.0. The third kappa shape index (κ3) is 5.02. The Morgan fingerprint density at radius 3 is 2.78 bits per heavy atom. The van der Waals surface area contributed by atoms with Gasteiger partial charge in [0.25, 0.3) is 0 Å². The van der Waals surface area contributed by atoms with E-state index in [-0.39, 0.29) is 29.7 Å². The lowest BCUT2D eigenvalue weighted by molar-refractivity contribution is 0.372. The van der Waals surface area contributed by atoms with Crippen LogP contribution in [0.25, 0.3) is 0 Å². The Morgan fingerprint density at radius 1 is 1.56 bits per heavy atom. The number of rotatable bonds is 3. The van der Waals surface area contributed by atoms with Crippen molar-refractivity contribution in [1.82, 2.24) is 0 Å². The van der Waals surface area contributed by atoms with Gasteiger partial charge in [-0.3, -0.25) is 0 Å². The molecule has 0 saturated heterocycles. The highest BCUT2D eigenvalue weighted by atomic mass is 127. The molecule has 0 bridgehead atoms. The molecule has 0 saturated carbocycles. The fourth-order valence-electron chi connectivity index (χ4n) is 1.02. The molecule has 1 rings (SSSR count). The zero-order valence-corrected chi connectivity index (χ0v) is 14.5. The van der Waals surface area contributed by atoms with Crippen molar-refractivity contribution < 1.29 is 9.84 Å². The van der Waals surface area contributed by atoms with E-state index < -0.39 is 0 Å². The number of amidine groups is 1. The van der Waals surface area contributed by atoms with Gasteiger partial charge in [-0.2, -0.15) is 5.10 Å². The second-order valence-electron chi connectivity index (χ2n) is 2.94. The molecule has 1 aromatic rings. The van der Waals surface area contributed by atoms with Crippen LogP contribution in [-0.2, 0) is 0 Å². The molecule has 0 aromatic heterocycles. The fourth-order valence-corrected chi connectivity index (χ4v) is 1.61. The first kappa shape index (κ1) is 17.5. The smallest absolute Gasteiger partial charge is 0.180 e. The molecular weight excluding hydrogens is 433 g/mol. The molecule has 0 spiro atoms. The van der Waals surface area contributed by atoms with Crippen LogP contribution in [0.4, 0.5) is 0 Å². The van der Waals surface area contributed by atoms with Gasteiger partial charge in [-0.15, -0.1) is 29.1 Å². The minimum absolute atomic E-state index is 0. The van der Waals surface area contributed by atoms with Crippen molar-refractivity contribution in [2.24, 2.45) is 15.9 Å². The third-order valence-corrected chi connectivity index (χ3v) is 2.95. The van der Waals surface area contributed by atoms with E-state index in [0.717, 1.165) is 5.56 Å². The Balaban J connectivity index is 0.00000289. The molecule has 0 radical (unpaired) electrons. The van der Waals surface area contributed by atoms with E-state index in [0.29, 0.717) is 15.4 Å². The minimum Gasteiger partial charge on any atom is -0.503 e. The maximum absolute atomic E-state index is 9.61. The first-order valence-electron chi connectivity index (χ1n) is 4.55. The average Bonchev–Trinajstić information content (AvgIpc) is 2.33. The van der Waals surface area contributed by atoms with Crippen molar-refractivity contribution in [2.75, 3.05) is 13.4 Å². The number of ether oxygens (including phenoxy) is 1. The largest absolute Gasteiger partial charge is 0.503 e. The molecule has 0 fully saturated rings. The third-order valence-electron chi connectivity index (χ3n) is 1.84. The number of hydrogen-bond acceptors (Lipinski definition) is 5. The molecule has 0 amide bonds. The highest BCUT2D eigenvalue weighted by Gasteiger charge is 2.07. The number of nitrogens with two attached hydrogens (primary N) is 1. The maximum atomic E-state index is 9.61. The van der Waals surface area contributed by atoms with Crippen molar-refractivity contribution in [3.63, 3.8) is 0 Å². The van der Waals surface area contributed by atoms with Gasteiger partial charge in [-0.05, 0) is 39.9 Å². The number of nitrogens with zero attached hydrogens (tertiary/aromatic N) is 2. The van der Waals surface area contributed by atoms with Crippen LogP contribution in [0.3, 0.4) is 0 Å². The van der Waals surface area contributed by atoms with Crippen LogP contribution in [0.1, 0.15) is 5.56 Å². The normalized spacial score (nSPS) is 11.4. The lowest BCUT2D eigenvalue weighted by Crippen LogP contribution is -2.03. The topological polar surface area (TPSA) is 80.2 Å². The van der Waals surface area contributed by atoms with Gasteiger partial charge in [0.1, 0.15) is 0 Å². The lowest BCUT2D eigenvalue weighted by Gasteiger charge is -2.05. The van der Waals surface area contributed by atoms with E-state index in [9.17, 15) is 5.11 Å². The first-order valence-corrected chi connectivity index (χ1v) is 6.57. The van der Waals surface area contributed by atoms with Gasteiger partial charge in [0.2, 0.25) is 0 Å². The van der Waals surface area contributed by atoms with Gasteiger partial charge in [-0.25, -0.2) is 0 Å². The zero-order valence-electron chi connectivity index (χ0n) is 9.75. The van der Waals surface area contributed by atoms with E-state index in [4.69, 9.17) is 10.5 Å². The molecule has 3 N–H and O–H groups in total. The molecule has 0 unspecified atom stereocenters. The van der Waals surface area contributed by atoms with Crippen molar-refractivity contribution in [1.29, 1.82) is 0 Å². The summed E-state index contributed by atoms with van der Waals surface area (Å²) in [5, 5.41) is 17.6. The summed E-state index contributed by atoms with van der Waals surface area (Å²) in [4.78, 5) is 0. The number of benzene rings is 1. The molecule has 100 valence electrons. The predicted octanol–water partition coefficient (Wildman–Crippen LogP) is 2.79. The quantitative estimate of drug-likeness (QED) is 0.324. The second kappa shape index (κ2) is 8.59. The van der Waals surface area contributed by atoms with Crippen LogP contribution in [0.5, 0.6) is 11.5 Å². The van der Waals surface area contributed by atoms with E-state index in [1.807, 2.05) is 6.26 Å². The standard InChI is InChI=1S/C10H12BrN3O2S.HI/c1-16-8-4-6(3-7(11)9(8)15)5-13-14-10(12)17-2;/h3-5,15H,1-2H3,(H2,12,14);1H. The SMILES string of the molecule is COc1cc(C=NN=C(N)SC)cc(Br)c1O.I. The van der Waals surface area contributed by atoms with Crippen molar-refractivity contribution in [2.45, 2.75) is 0 Å². The Labute approximate surface area is 135 Å². The predicted molar refractivity (Wildman–Crippen MR) is 90.5 cm³/mol. The van der Waals surface area contributed by atoms with Gasteiger partial charge in [0, 0.05) is 0 Å². The summed E-state index contributed by atoms with van der Waals surface area (Å²) < 4.78 is 5.54. The molecule has 18 heavy (non-hydrogen) atoms. The first-order chi connectivity index (χ1) is 8.08. The molecule has 0 aliphatic heterocycles. The van der Waals surface area contributed by atoms with Gasteiger partial charge >= 0.3 is 0 Å². The number of phenols is 1. The number of hydrogen-bond donors (Lipinski definition) is 2. The molecular formula is C10H13BrIN3O2S. The van der Waals surface area contributed by atoms with Crippen LogP contribution >= 0.6 is 51.7 Å². The van der Waals surface area contributed by atoms with Crippen LogP contribution in [-0.4, -0.2) is 29.9 Å². The summed E-state index contributed by atoms with van der Waals surface area (Å²) in [5.41, 5.74) is 6.21. The summed E-state index contributed by atoms with van der Waals surface area (Å²) in [6.45, 7) is 0. The summed E-state index contributed by atoms with van der Waals surface area (Å²) in [6, 6.07) is 3.35. The van der Waals surface area contributed by atoms with Crippen molar-refractivity contribution in [3.05, 3.63) is 22.2 Å². The fraction of sp³-hybridized carbons (Fsp3) is 0.200. The number of aromatic hydroxyl groups is 1. The summed E-state index contributed by atoms with van der Waals surface area (Å²) in [7, 11) is 1.48. The van der Waals surface area contributed by atoms with Gasteiger partial charge in [-0.1, -0.05) is 11.8 Å². The summed E-state index contributed by atoms with van der Waals surface area (Å²) in [6.07, 6.45) is 3.34. The summed E-state index contributed by atoms with van der Waals surface area (Å²) in [5.74, 6) is 0.416. The van der Waals surface area contributed by atoms with E-state index in [1.165, 1.54) is 25.1 Å². The Bertz CT molecular complexity index is 469. The number of methoxy groups -OCH3 is 1. The molecule has 0 aliphatic rings. The average molecular weight is 446 g/mol. The van der Waals surface area contributed by atoms with Crippen LogP contribution in [0, 0.1) is 0 Å². The Kier molecular flexibility index (Phi) is 8.36. The van der Waals surface area contributed by atoms with Crippen molar-refractivity contribution >= 4 is 63.1 Å². The maximum Gasteiger partial charge on any atom is 0.180 e. The number of thioether (sulfide) groups is 1. The highest BCUT2D eigenvalue weighted by Crippen LogP contribution is 2.34. The summed E-state index contributed by atoms with van der Waals surface area (Å²) >= 11 is 4.53. The molecule has 5 nitrogen and oxygen atoms in total. The zero-order chi connectivity index (χ0) is 12.8. The number of phenolic OH excluding ortho intramolecular Hbond substituents is 1. The Morgan fingerprint density at radius 2 is 2.22 bits per heavy atom. The van der Waals surface area contributed by atoms with E-state index >= 15 is 0 Å². The van der Waals surface area contributed by atoms with Gasteiger partial charge < -0.3 is 15.6 Å². The molecule has 0 aliphatic carbocycles. The molecule has 1 aromatic carbocycles. The van der Waals surface area contributed by atoms with Crippen LogP contribution < -0.4 is 10.5 Å². The second-order valence-corrected chi connectivity index (χ2v) is 4.62. The lowest BCUT2D eigenvalue weighted by atomic mass is 10.2.